The van der Waals surface area contributed by atoms with E-state index < -0.39 is 36.0 Å². The fraction of sp³-hybridized carbons (Fsp3) is 0.586. The molecule has 13 heteroatoms. The largest absolute Gasteiger partial charge is 0.445 e. The van der Waals surface area contributed by atoms with Crippen molar-refractivity contribution in [2.75, 3.05) is 25.5 Å². The minimum absolute atomic E-state index is 0.00356. The first-order chi connectivity index (χ1) is 19.8. The van der Waals surface area contributed by atoms with Gasteiger partial charge in [0, 0.05) is 38.7 Å². The van der Waals surface area contributed by atoms with Crippen LogP contribution in [-0.2, 0) is 30.5 Å². The number of nitrogens with zero attached hydrogens (tertiary/aromatic N) is 1. The highest BCUT2D eigenvalue weighted by Gasteiger charge is 2.28. The van der Waals surface area contributed by atoms with Crippen molar-refractivity contribution in [3.05, 3.63) is 29.8 Å². The number of hydrogen-bond acceptors (Lipinski definition) is 7. The van der Waals surface area contributed by atoms with Gasteiger partial charge in [-0.1, -0.05) is 39.3 Å². The van der Waals surface area contributed by atoms with Crippen LogP contribution in [0.4, 0.5) is 15.3 Å². The van der Waals surface area contributed by atoms with Crippen LogP contribution < -0.4 is 27.0 Å². The molecule has 0 aliphatic carbocycles. The fourth-order valence-electron chi connectivity index (χ4n) is 3.75. The Morgan fingerprint density at radius 1 is 0.952 bits per heavy atom. The molecule has 0 spiro atoms. The highest BCUT2D eigenvalue weighted by atomic mass is 16.6. The number of hydrogen-bond donors (Lipinski definition) is 5. The molecular weight excluding hydrogens is 544 g/mol. The van der Waals surface area contributed by atoms with E-state index in [-0.39, 0.29) is 50.1 Å². The van der Waals surface area contributed by atoms with Crippen LogP contribution in [0.3, 0.4) is 0 Å². The molecule has 0 saturated heterocycles. The number of carbonyl (C=O) groups is 6. The van der Waals surface area contributed by atoms with Gasteiger partial charge >= 0.3 is 12.1 Å². The van der Waals surface area contributed by atoms with E-state index >= 15 is 0 Å². The number of nitrogens with two attached hydrogens (primary N) is 1. The number of rotatable bonds is 18. The van der Waals surface area contributed by atoms with Crippen LogP contribution in [0.25, 0.3) is 0 Å². The average Bonchev–Trinajstić information content (AvgIpc) is 2.93. The molecule has 1 rings (SSSR count). The van der Waals surface area contributed by atoms with Crippen molar-refractivity contribution in [2.24, 2.45) is 11.7 Å². The molecule has 1 unspecified atom stereocenters. The molecule has 0 aliphatic heterocycles. The molecule has 1 aromatic carbocycles. The van der Waals surface area contributed by atoms with Gasteiger partial charge in [-0.2, -0.15) is 0 Å². The van der Waals surface area contributed by atoms with Crippen molar-refractivity contribution in [2.45, 2.75) is 84.9 Å². The van der Waals surface area contributed by atoms with E-state index in [1.165, 1.54) is 11.8 Å². The van der Waals surface area contributed by atoms with E-state index in [4.69, 9.17) is 10.5 Å². The van der Waals surface area contributed by atoms with E-state index in [2.05, 4.69) is 21.3 Å². The maximum absolute atomic E-state index is 13.2. The second-order valence-corrected chi connectivity index (χ2v) is 10.5. The maximum Gasteiger partial charge on any atom is 0.409 e. The molecule has 0 heterocycles. The average molecular weight is 591 g/mol. The third kappa shape index (κ3) is 14.5. The van der Waals surface area contributed by atoms with Crippen LogP contribution in [0.1, 0.15) is 71.8 Å². The molecule has 2 atom stereocenters. The smallest absolute Gasteiger partial charge is 0.409 e. The second kappa shape index (κ2) is 19.1. The molecule has 42 heavy (non-hydrogen) atoms. The Hall–Kier alpha value is -4.16. The number of anilines is 1. The van der Waals surface area contributed by atoms with Crippen molar-refractivity contribution in [1.82, 2.24) is 20.9 Å². The van der Waals surface area contributed by atoms with Crippen LogP contribution >= 0.6 is 0 Å². The van der Waals surface area contributed by atoms with Crippen LogP contribution in [0.2, 0.25) is 0 Å². The number of benzene rings is 1. The number of ketones is 1. The molecule has 13 nitrogen and oxygen atoms in total. The number of nitrogens with one attached hydrogen (secondary N) is 4. The first-order valence-corrected chi connectivity index (χ1v) is 14.2. The lowest BCUT2D eigenvalue weighted by atomic mass is 10.0. The van der Waals surface area contributed by atoms with Crippen molar-refractivity contribution >= 4 is 41.3 Å². The SMILES string of the molecule is CCCCC(=O)NC(C(=O)N[C@@H](CCCNC(N)=O)C(=O)Nc1ccc(COC(=O)N(C)CCC(C)=O)cc1)C(C)C. The Morgan fingerprint density at radius 2 is 1.62 bits per heavy atom. The molecule has 0 fully saturated rings. The van der Waals surface area contributed by atoms with Gasteiger partial charge in [0.1, 0.15) is 24.5 Å². The van der Waals surface area contributed by atoms with Gasteiger partial charge in [-0.15, -0.1) is 0 Å². The minimum atomic E-state index is -0.952. The Kier molecular flexibility index (Phi) is 16.3. The van der Waals surface area contributed by atoms with E-state index in [1.54, 1.807) is 45.2 Å². The number of amides is 6. The van der Waals surface area contributed by atoms with Gasteiger partial charge in [0.2, 0.25) is 17.7 Å². The van der Waals surface area contributed by atoms with Crippen LogP contribution in [0.5, 0.6) is 0 Å². The van der Waals surface area contributed by atoms with Gasteiger partial charge in [0.05, 0.1) is 0 Å². The quantitative estimate of drug-likeness (QED) is 0.162. The predicted octanol–water partition coefficient (Wildman–Crippen LogP) is 2.44. The van der Waals surface area contributed by atoms with Gasteiger partial charge in [-0.3, -0.25) is 19.2 Å². The predicted molar refractivity (Wildman–Crippen MR) is 158 cm³/mol. The van der Waals surface area contributed by atoms with Crippen molar-refractivity contribution in [1.29, 1.82) is 0 Å². The molecule has 0 aliphatic rings. The number of carbonyl (C=O) groups excluding carboxylic acids is 6. The first-order valence-electron chi connectivity index (χ1n) is 14.2. The van der Waals surface area contributed by atoms with Gasteiger partial charge < -0.3 is 36.6 Å². The van der Waals surface area contributed by atoms with Crippen molar-refractivity contribution in [3.8, 4) is 0 Å². The summed E-state index contributed by atoms with van der Waals surface area (Å²) < 4.78 is 5.26. The molecule has 1 aromatic rings. The summed E-state index contributed by atoms with van der Waals surface area (Å²) in [5, 5.41) is 10.7. The third-order valence-corrected chi connectivity index (χ3v) is 6.32. The third-order valence-electron chi connectivity index (χ3n) is 6.32. The summed E-state index contributed by atoms with van der Waals surface area (Å²) in [7, 11) is 1.55. The Morgan fingerprint density at radius 3 is 2.19 bits per heavy atom. The second-order valence-electron chi connectivity index (χ2n) is 10.5. The van der Waals surface area contributed by atoms with Crippen molar-refractivity contribution in [3.63, 3.8) is 0 Å². The summed E-state index contributed by atoms with van der Waals surface area (Å²) >= 11 is 0. The summed E-state index contributed by atoms with van der Waals surface area (Å²) in [6.45, 7) is 7.51. The summed E-state index contributed by atoms with van der Waals surface area (Å²) in [6.07, 6.45) is 2.11. The zero-order valence-corrected chi connectivity index (χ0v) is 25.3. The lowest BCUT2D eigenvalue weighted by Gasteiger charge is -2.25. The Labute approximate surface area is 247 Å². The number of primary amides is 1. The van der Waals surface area contributed by atoms with E-state index in [9.17, 15) is 28.8 Å². The Bertz CT molecular complexity index is 1060. The molecular formula is C29H46N6O7. The number of Topliss-reactive ketones (excluding diaryl/α,β-unsaturated/α-hetero) is 1. The summed E-state index contributed by atoms with van der Waals surface area (Å²) in [4.78, 5) is 74.2. The first kappa shape index (κ1) is 35.9. The topological polar surface area (TPSA) is 189 Å². The maximum atomic E-state index is 13.2. The molecule has 0 radical (unpaired) electrons. The lowest BCUT2D eigenvalue weighted by Crippen LogP contribution is -2.54. The van der Waals surface area contributed by atoms with E-state index in [0.717, 1.165) is 6.42 Å². The fourth-order valence-corrected chi connectivity index (χ4v) is 3.75. The standard InChI is InChI=1S/C29H46N6O7/c1-6-7-10-24(37)34-25(19(2)3)27(39)33-23(9-8-16-31-28(30)40)26(38)32-22-13-11-21(12-14-22)18-42-29(41)35(5)17-15-20(4)36/h11-14,19,23,25H,6-10,15-18H2,1-5H3,(H,32,38)(H,33,39)(H,34,37)(H3,30,31,40)/t23-,25?/m0/s1. The van der Waals surface area contributed by atoms with Gasteiger partial charge in [0.25, 0.3) is 0 Å². The van der Waals surface area contributed by atoms with Crippen LogP contribution in [0.15, 0.2) is 24.3 Å². The molecule has 0 saturated carbocycles. The molecule has 6 amide bonds. The van der Waals surface area contributed by atoms with Gasteiger partial charge in [-0.25, -0.2) is 9.59 Å². The number of ether oxygens (including phenoxy) is 1. The zero-order valence-electron chi connectivity index (χ0n) is 25.3. The summed E-state index contributed by atoms with van der Waals surface area (Å²) in [6, 6.07) is 4.18. The lowest BCUT2D eigenvalue weighted by molar-refractivity contribution is -0.132. The monoisotopic (exact) mass is 590 g/mol. The normalized spacial score (nSPS) is 12.0. The number of urea groups is 1. The molecule has 234 valence electrons. The highest BCUT2D eigenvalue weighted by Crippen LogP contribution is 2.13. The number of unbranched alkanes of at least 4 members (excludes halogenated alkanes) is 1. The highest BCUT2D eigenvalue weighted by molar-refractivity contribution is 5.98. The molecule has 0 aromatic heterocycles. The minimum Gasteiger partial charge on any atom is -0.445 e. The summed E-state index contributed by atoms with van der Waals surface area (Å²) in [5.74, 6) is -1.43. The summed E-state index contributed by atoms with van der Waals surface area (Å²) in [5.41, 5.74) is 6.25. The van der Waals surface area contributed by atoms with Gasteiger partial charge in [0.15, 0.2) is 0 Å². The van der Waals surface area contributed by atoms with Crippen LogP contribution in [-0.4, -0.2) is 72.7 Å². The van der Waals surface area contributed by atoms with E-state index in [1.807, 2.05) is 6.92 Å². The molecule has 6 N–H and O–H groups in total. The Balaban J connectivity index is 2.85. The molecule has 0 bridgehead atoms. The van der Waals surface area contributed by atoms with Crippen molar-refractivity contribution < 1.29 is 33.5 Å². The van der Waals surface area contributed by atoms with E-state index in [0.29, 0.717) is 30.5 Å². The zero-order chi connectivity index (χ0) is 31.7. The van der Waals surface area contributed by atoms with Crippen LogP contribution in [0, 0.1) is 5.92 Å². The van der Waals surface area contributed by atoms with Gasteiger partial charge in [-0.05, 0) is 49.8 Å².